The fraction of sp³-hybridized carbons (Fsp3) is 1.00. The van der Waals surface area contributed by atoms with Gasteiger partial charge >= 0.3 is 0 Å². The summed E-state index contributed by atoms with van der Waals surface area (Å²) in [5.41, 5.74) is 0.183. The van der Waals surface area contributed by atoms with Crippen LogP contribution >= 0.6 is 11.6 Å². The largest absolute Gasteiger partial charge is 0.362 e. The van der Waals surface area contributed by atoms with Gasteiger partial charge in [0.2, 0.25) is 0 Å². The Labute approximate surface area is 80.4 Å². The number of halogens is 1. The molecule has 0 spiro atoms. The van der Waals surface area contributed by atoms with Gasteiger partial charge in [-0.15, -0.1) is 0 Å². The summed E-state index contributed by atoms with van der Waals surface area (Å²) in [6, 6.07) is 0. The lowest BCUT2D eigenvalue weighted by molar-refractivity contribution is -0.0434. The molecule has 0 aromatic carbocycles. The number of hydrogen-bond acceptors (Lipinski definition) is 1. The monoisotopic (exact) mass is 190 g/mol. The van der Waals surface area contributed by atoms with E-state index in [-0.39, 0.29) is 11.0 Å². The van der Waals surface area contributed by atoms with Gasteiger partial charge in [-0.3, -0.25) is 0 Å². The molecule has 1 heterocycles. The third-order valence-electron chi connectivity index (χ3n) is 2.62. The standard InChI is InChI=1S/C10H19ClO/c1-7-5-8(10(2,3)4)9(11)12-6-7/h7-9H,5-6H2,1-4H3. The molecule has 0 aromatic rings. The summed E-state index contributed by atoms with van der Waals surface area (Å²) in [4.78, 5) is 0. The van der Waals surface area contributed by atoms with Crippen molar-refractivity contribution in [3.8, 4) is 0 Å². The normalized spacial score (nSPS) is 38.2. The second-order valence-electron chi connectivity index (χ2n) is 5.00. The van der Waals surface area contributed by atoms with E-state index >= 15 is 0 Å². The highest BCUT2D eigenvalue weighted by Gasteiger charge is 2.36. The van der Waals surface area contributed by atoms with Crippen LogP contribution in [0, 0.1) is 17.3 Å². The second kappa shape index (κ2) is 3.55. The third kappa shape index (κ3) is 2.37. The molecular weight excluding hydrogens is 172 g/mol. The van der Waals surface area contributed by atoms with E-state index in [9.17, 15) is 0 Å². The lowest BCUT2D eigenvalue weighted by atomic mass is 9.75. The van der Waals surface area contributed by atoms with Crippen LogP contribution in [0.25, 0.3) is 0 Å². The molecule has 0 aliphatic carbocycles. The smallest absolute Gasteiger partial charge is 0.134 e. The van der Waals surface area contributed by atoms with Crippen molar-refractivity contribution in [3.05, 3.63) is 0 Å². The number of alkyl halides is 1. The average molecular weight is 191 g/mol. The molecule has 3 atom stereocenters. The van der Waals surface area contributed by atoms with Gasteiger partial charge in [0.05, 0.1) is 6.61 Å². The summed E-state index contributed by atoms with van der Waals surface area (Å²) in [7, 11) is 0. The third-order valence-corrected chi connectivity index (χ3v) is 3.06. The zero-order chi connectivity index (χ0) is 9.35. The Bertz CT molecular complexity index is 150. The maximum Gasteiger partial charge on any atom is 0.134 e. The first-order valence-electron chi connectivity index (χ1n) is 4.67. The summed E-state index contributed by atoms with van der Waals surface area (Å²) >= 11 is 6.11. The van der Waals surface area contributed by atoms with Gasteiger partial charge in [-0.05, 0) is 17.8 Å². The van der Waals surface area contributed by atoms with Crippen molar-refractivity contribution in [1.82, 2.24) is 0 Å². The van der Waals surface area contributed by atoms with Gasteiger partial charge < -0.3 is 4.74 Å². The Morgan fingerprint density at radius 3 is 2.33 bits per heavy atom. The van der Waals surface area contributed by atoms with Gasteiger partial charge in [0, 0.05) is 5.92 Å². The fourth-order valence-corrected chi connectivity index (χ4v) is 2.28. The Balaban J connectivity index is 2.61. The van der Waals surface area contributed by atoms with Crippen molar-refractivity contribution >= 4 is 11.6 Å². The molecule has 2 heteroatoms. The van der Waals surface area contributed by atoms with Crippen LogP contribution < -0.4 is 0 Å². The average Bonchev–Trinajstić information content (AvgIpc) is 1.92. The Morgan fingerprint density at radius 2 is 1.92 bits per heavy atom. The summed E-state index contributed by atoms with van der Waals surface area (Å²) in [6.07, 6.45) is 1.19. The van der Waals surface area contributed by atoms with Crippen LogP contribution in [0.5, 0.6) is 0 Å². The molecule has 1 rings (SSSR count). The van der Waals surface area contributed by atoms with E-state index in [4.69, 9.17) is 16.3 Å². The molecule has 0 radical (unpaired) electrons. The van der Waals surface area contributed by atoms with Crippen molar-refractivity contribution in [3.63, 3.8) is 0 Å². The van der Waals surface area contributed by atoms with E-state index in [0.717, 1.165) is 6.61 Å². The lowest BCUT2D eigenvalue weighted by Gasteiger charge is -2.39. The van der Waals surface area contributed by atoms with Crippen LogP contribution in [0.4, 0.5) is 0 Å². The predicted molar refractivity (Wildman–Crippen MR) is 52.3 cm³/mol. The van der Waals surface area contributed by atoms with Crippen LogP contribution in [-0.4, -0.2) is 12.2 Å². The quantitative estimate of drug-likeness (QED) is 0.533. The first kappa shape index (κ1) is 10.3. The van der Waals surface area contributed by atoms with Crippen LogP contribution in [-0.2, 0) is 4.74 Å². The zero-order valence-corrected chi connectivity index (χ0v) is 9.19. The fourth-order valence-electron chi connectivity index (χ4n) is 1.73. The summed E-state index contributed by atoms with van der Waals surface area (Å²) < 4.78 is 5.49. The number of ether oxygens (including phenoxy) is 1. The lowest BCUT2D eigenvalue weighted by Crippen LogP contribution is -2.37. The molecule has 1 fully saturated rings. The molecule has 1 saturated heterocycles. The van der Waals surface area contributed by atoms with E-state index in [1.54, 1.807) is 0 Å². The molecule has 1 nitrogen and oxygen atoms in total. The molecule has 0 aromatic heterocycles. The van der Waals surface area contributed by atoms with E-state index in [2.05, 4.69) is 27.7 Å². The maximum atomic E-state index is 6.11. The SMILES string of the molecule is CC1COC(Cl)C(C(C)(C)C)C1. The minimum atomic E-state index is -0.0822. The van der Waals surface area contributed by atoms with Crippen molar-refractivity contribution in [2.45, 2.75) is 39.7 Å². The van der Waals surface area contributed by atoms with Crippen LogP contribution in [0.3, 0.4) is 0 Å². The second-order valence-corrected chi connectivity index (χ2v) is 5.43. The van der Waals surface area contributed by atoms with Gasteiger partial charge in [-0.2, -0.15) is 0 Å². The minimum Gasteiger partial charge on any atom is -0.362 e. The first-order valence-corrected chi connectivity index (χ1v) is 5.10. The van der Waals surface area contributed by atoms with Gasteiger partial charge in [0.25, 0.3) is 0 Å². The Kier molecular flexibility index (Phi) is 3.06. The van der Waals surface area contributed by atoms with Crippen molar-refractivity contribution in [2.75, 3.05) is 6.61 Å². The highest BCUT2D eigenvalue weighted by Crippen LogP contribution is 2.39. The topological polar surface area (TPSA) is 9.23 Å². The molecule has 0 bridgehead atoms. The number of rotatable bonds is 0. The van der Waals surface area contributed by atoms with Gasteiger partial charge in [0.15, 0.2) is 0 Å². The van der Waals surface area contributed by atoms with Gasteiger partial charge in [-0.25, -0.2) is 0 Å². The van der Waals surface area contributed by atoms with E-state index in [1.165, 1.54) is 6.42 Å². The van der Waals surface area contributed by atoms with Crippen molar-refractivity contribution < 1.29 is 4.74 Å². The van der Waals surface area contributed by atoms with Gasteiger partial charge in [0.1, 0.15) is 5.56 Å². The summed E-state index contributed by atoms with van der Waals surface area (Å²) in [5.74, 6) is 1.15. The Hall–Kier alpha value is 0.250. The molecule has 12 heavy (non-hydrogen) atoms. The van der Waals surface area contributed by atoms with Crippen LogP contribution in [0.15, 0.2) is 0 Å². The molecular formula is C10H19ClO. The molecule has 1 aliphatic heterocycles. The highest BCUT2D eigenvalue weighted by atomic mass is 35.5. The van der Waals surface area contributed by atoms with E-state index in [0.29, 0.717) is 11.8 Å². The molecule has 3 unspecified atom stereocenters. The van der Waals surface area contributed by atoms with Crippen molar-refractivity contribution in [2.24, 2.45) is 17.3 Å². The molecule has 1 aliphatic rings. The van der Waals surface area contributed by atoms with Crippen LogP contribution in [0.2, 0.25) is 0 Å². The minimum absolute atomic E-state index is 0.0822. The highest BCUT2D eigenvalue weighted by molar-refractivity contribution is 6.19. The summed E-state index contributed by atoms with van der Waals surface area (Å²) in [5, 5.41) is 0. The predicted octanol–water partition coefficient (Wildman–Crippen LogP) is 3.27. The zero-order valence-electron chi connectivity index (χ0n) is 8.43. The van der Waals surface area contributed by atoms with Crippen molar-refractivity contribution in [1.29, 1.82) is 0 Å². The molecule has 0 amide bonds. The van der Waals surface area contributed by atoms with Crippen LogP contribution in [0.1, 0.15) is 34.1 Å². The number of hydrogen-bond donors (Lipinski definition) is 0. The van der Waals surface area contributed by atoms with E-state index in [1.807, 2.05) is 0 Å². The van der Waals surface area contributed by atoms with Gasteiger partial charge in [-0.1, -0.05) is 39.3 Å². The maximum absolute atomic E-state index is 6.11. The Morgan fingerprint density at radius 1 is 1.33 bits per heavy atom. The molecule has 72 valence electrons. The van der Waals surface area contributed by atoms with E-state index < -0.39 is 0 Å². The molecule has 0 saturated carbocycles. The summed E-state index contributed by atoms with van der Waals surface area (Å²) in [6.45, 7) is 9.74. The first-order chi connectivity index (χ1) is 5.41. The molecule has 0 N–H and O–H groups in total.